The van der Waals surface area contributed by atoms with E-state index in [-0.39, 0.29) is 5.92 Å². The number of benzene rings is 1. The van der Waals surface area contributed by atoms with Crippen molar-refractivity contribution in [2.45, 2.75) is 12.3 Å². The molecule has 0 radical (unpaired) electrons. The van der Waals surface area contributed by atoms with E-state index in [0.717, 1.165) is 40.3 Å². The molecule has 0 atom stereocenters. The number of hydrogen-bond donors (Lipinski definition) is 1. The Labute approximate surface area is 177 Å². The molecule has 0 saturated carbocycles. The zero-order valence-electron chi connectivity index (χ0n) is 17.2. The number of hydrogen-bond acceptors (Lipinski definition) is 5. The molecule has 0 aliphatic rings. The molecule has 4 aromatic rings. The smallest absolute Gasteiger partial charge is 0.133 e. The average Bonchev–Trinajstić information content (AvgIpc) is 2.80. The third-order valence-electron chi connectivity index (χ3n) is 5.11. The highest BCUT2D eigenvalue weighted by Crippen LogP contribution is 2.31. The predicted molar refractivity (Wildman–Crippen MR) is 122 cm³/mol. The summed E-state index contributed by atoms with van der Waals surface area (Å²) in [4.78, 5) is 15.4. The van der Waals surface area contributed by atoms with Crippen molar-refractivity contribution in [2.75, 3.05) is 24.3 Å². The van der Waals surface area contributed by atoms with Crippen LogP contribution in [0.5, 0.6) is 0 Å². The van der Waals surface area contributed by atoms with Gasteiger partial charge in [0, 0.05) is 62.4 Å². The van der Waals surface area contributed by atoms with Gasteiger partial charge in [-0.15, -0.1) is 0 Å². The van der Waals surface area contributed by atoms with E-state index in [1.807, 2.05) is 57.0 Å². The molecule has 0 saturated heterocycles. The maximum absolute atomic E-state index is 4.63. The predicted octanol–water partition coefficient (Wildman–Crippen LogP) is 5.06. The van der Waals surface area contributed by atoms with Crippen LogP contribution in [0.25, 0.3) is 0 Å². The summed E-state index contributed by atoms with van der Waals surface area (Å²) in [7, 11) is 4.08. The second-order valence-electron chi connectivity index (χ2n) is 7.41. The molecule has 0 aliphatic heterocycles. The summed E-state index contributed by atoms with van der Waals surface area (Å²) in [5, 5.41) is 3.51. The van der Waals surface area contributed by atoms with Crippen LogP contribution in [-0.2, 0) is 6.42 Å². The fraction of sp³-hybridized carbons (Fsp3) is 0.160. The molecule has 0 spiro atoms. The first kappa shape index (κ1) is 19.6. The van der Waals surface area contributed by atoms with Crippen LogP contribution in [0.2, 0.25) is 0 Å². The van der Waals surface area contributed by atoms with Crippen molar-refractivity contribution in [1.82, 2.24) is 15.0 Å². The summed E-state index contributed by atoms with van der Waals surface area (Å²) >= 11 is 0. The van der Waals surface area contributed by atoms with Gasteiger partial charge < -0.3 is 10.2 Å². The number of nitrogens with zero attached hydrogens (tertiary/aromatic N) is 4. The Morgan fingerprint density at radius 1 is 0.833 bits per heavy atom. The summed E-state index contributed by atoms with van der Waals surface area (Å²) in [5.74, 6) is 1.01. The molecule has 3 heterocycles. The van der Waals surface area contributed by atoms with Crippen molar-refractivity contribution in [3.8, 4) is 0 Å². The second kappa shape index (κ2) is 9.18. The van der Waals surface area contributed by atoms with Crippen LogP contribution < -0.4 is 10.2 Å². The standard InChI is InChI=1S/C25H25N5/c1-30(2)23-11-3-10-22(16-23)29-25-19(7-6-14-28-25)15-24(20-8-4-12-26-17-20)21-9-5-13-27-18-21/h3-14,16-18,24H,15H2,1-2H3,(H,28,29). The van der Waals surface area contributed by atoms with Gasteiger partial charge in [0.25, 0.3) is 0 Å². The largest absolute Gasteiger partial charge is 0.378 e. The zero-order chi connectivity index (χ0) is 20.8. The van der Waals surface area contributed by atoms with E-state index in [2.05, 4.69) is 61.6 Å². The van der Waals surface area contributed by atoms with E-state index >= 15 is 0 Å². The molecule has 150 valence electrons. The summed E-state index contributed by atoms with van der Waals surface area (Å²) in [5.41, 5.74) is 5.62. The van der Waals surface area contributed by atoms with E-state index in [9.17, 15) is 0 Å². The molecule has 0 aliphatic carbocycles. The minimum atomic E-state index is 0.144. The molecular formula is C25H25N5. The highest BCUT2D eigenvalue weighted by molar-refractivity contribution is 5.65. The van der Waals surface area contributed by atoms with Crippen molar-refractivity contribution >= 4 is 17.2 Å². The molecule has 0 unspecified atom stereocenters. The molecule has 1 aromatic carbocycles. The quantitative estimate of drug-likeness (QED) is 0.474. The lowest BCUT2D eigenvalue weighted by Crippen LogP contribution is -2.10. The van der Waals surface area contributed by atoms with Crippen LogP contribution >= 0.6 is 0 Å². The van der Waals surface area contributed by atoms with E-state index in [1.54, 1.807) is 12.4 Å². The van der Waals surface area contributed by atoms with Crippen LogP contribution in [0.1, 0.15) is 22.6 Å². The third-order valence-corrected chi connectivity index (χ3v) is 5.11. The average molecular weight is 396 g/mol. The van der Waals surface area contributed by atoms with Crippen molar-refractivity contribution in [2.24, 2.45) is 0 Å². The van der Waals surface area contributed by atoms with Crippen LogP contribution in [0.15, 0.2) is 91.6 Å². The lowest BCUT2D eigenvalue weighted by Gasteiger charge is -2.20. The molecule has 5 heteroatoms. The zero-order valence-corrected chi connectivity index (χ0v) is 17.2. The first-order valence-electron chi connectivity index (χ1n) is 9.99. The van der Waals surface area contributed by atoms with Gasteiger partial charge in [0.05, 0.1) is 0 Å². The normalized spacial score (nSPS) is 10.8. The number of anilines is 3. The van der Waals surface area contributed by atoms with Crippen molar-refractivity contribution < 1.29 is 0 Å². The molecular weight excluding hydrogens is 370 g/mol. The number of nitrogens with one attached hydrogen (secondary N) is 1. The molecule has 0 fully saturated rings. The van der Waals surface area contributed by atoms with Crippen LogP contribution in [0, 0.1) is 0 Å². The maximum atomic E-state index is 4.63. The summed E-state index contributed by atoms with van der Waals surface area (Å²) in [6, 6.07) is 20.6. The number of aromatic nitrogens is 3. The van der Waals surface area contributed by atoms with Gasteiger partial charge in [-0.3, -0.25) is 9.97 Å². The van der Waals surface area contributed by atoms with Gasteiger partial charge in [-0.25, -0.2) is 4.98 Å². The van der Waals surface area contributed by atoms with Crippen LogP contribution in [0.3, 0.4) is 0 Å². The van der Waals surface area contributed by atoms with Gasteiger partial charge in [-0.2, -0.15) is 0 Å². The van der Waals surface area contributed by atoms with Crippen LogP contribution in [-0.4, -0.2) is 29.0 Å². The first-order chi connectivity index (χ1) is 14.7. The number of rotatable bonds is 7. The van der Waals surface area contributed by atoms with E-state index < -0.39 is 0 Å². The Balaban J connectivity index is 1.66. The number of pyridine rings is 3. The second-order valence-corrected chi connectivity index (χ2v) is 7.41. The third kappa shape index (κ3) is 4.63. The summed E-state index contributed by atoms with van der Waals surface area (Å²) in [6.07, 6.45) is 10.1. The SMILES string of the molecule is CN(C)c1cccc(Nc2ncccc2CC(c2cccnc2)c2cccnc2)c1. The van der Waals surface area contributed by atoms with Gasteiger partial charge >= 0.3 is 0 Å². The van der Waals surface area contributed by atoms with Gasteiger partial charge in [0.1, 0.15) is 5.82 Å². The van der Waals surface area contributed by atoms with E-state index in [0.29, 0.717) is 0 Å². The Morgan fingerprint density at radius 2 is 1.53 bits per heavy atom. The Morgan fingerprint density at radius 3 is 2.17 bits per heavy atom. The first-order valence-corrected chi connectivity index (χ1v) is 9.99. The Kier molecular flexibility index (Phi) is 5.99. The minimum absolute atomic E-state index is 0.144. The minimum Gasteiger partial charge on any atom is -0.378 e. The van der Waals surface area contributed by atoms with E-state index in [4.69, 9.17) is 0 Å². The van der Waals surface area contributed by atoms with Crippen molar-refractivity contribution in [1.29, 1.82) is 0 Å². The molecule has 0 bridgehead atoms. The molecule has 1 N–H and O–H groups in total. The van der Waals surface area contributed by atoms with Gasteiger partial charge in [0.15, 0.2) is 0 Å². The highest BCUT2D eigenvalue weighted by Gasteiger charge is 2.18. The van der Waals surface area contributed by atoms with Gasteiger partial charge in [-0.1, -0.05) is 24.3 Å². The fourth-order valence-electron chi connectivity index (χ4n) is 3.53. The summed E-state index contributed by atoms with van der Waals surface area (Å²) < 4.78 is 0. The lowest BCUT2D eigenvalue weighted by molar-refractivity contribution is 0.793. The monoisotopic (exact) mass is 395 g/mol. The maximum Gasteiger partial charge on any atom is 0.133 e. The topological polar surface area (TPSA) is 53.9 Å². The lowest BCUT2D eigenvalue weighted by atomic mass is 9.87. The molecule has 0 amide bonds. The molecule has 30 heavy (non-hydrogen) atoms. The van der Waals surface area contributed by atoms with Crippen LogP contribution in [0.4, 0.5) is 17.2 Å². The molecule has 4 rings (SSSR count). The van der Waals surface area contributed by atoms with E-state index in [1.165, 1.54) is 0 Å². The van der Waals surface area contributed by atoms with Gasteiger partial charge in [0.2, 0.25) is 0 Å². The summed E-state index contributed by atoms with van der Waals surface area (Å²) in [6.45, 7) is 0. The highest BCUT2D eigenvalue weighted by atomic mass is 15.1. The molecule has 5 nitrogen and oxygen atoms in total. The fourth-order valence-corrected chi connectivity index (χ4v) is 3.53. The van der Waals surface area contributed by atoms with Gasteiger partial charge in [-0.05, 0) is 59.5 Å². The Bertz CT molecular complexity index is 1040. The van der Waals surface area contributed by atoms with Crippen molar-refractivity contribution in [3.05, 3.63) is 108 Å². The Hall–Kier alpha value is -3.73. The molecule has 3 aromatic heterocycles. The van der Waals surface area contributed by atoms with Crippen molar-refractivity contribution in [3.63, 3.8) is 0 Å².